The van der Waals surface area contributed by atoms with Crippen LogP contribution in [-0.2, 0) is 10.0 Å². The van der Waals surface area contributed by atoms with Crippen LogP contribution < -0.4 is 10.0 Å². The highest BCUT2D eigenvalue weighted by Crippen LogP contribution is 2.29. The van der Waals surface area contributed by atoms with Crippen LogP contribution in [0.15, 0.2) is 21.5 Å². The van der Waals surface area contributed by atoms with Crippen molar-refractivity contribution in [2.75, 3.05) is 19.6 Å². The average Bonchev–Trinajstić information content (AvgIpc) is 2.37. The van der Waals surface area contributed by atoms with Crippen LogP contribution >= 0.6 is 28.3 Å². The van der Waals surface area contributed by atoms with Gasteiger partial charge in [0.2, 0.25) is 10.0 Å². The summed E-state index contributed by atoms with van der Waals surface area (Å²) in [7, 11) is -3.76. The fourth-order valence-electron chi connectivity index (χ4n) is 1.52. The van der Waals surface area contributed by atoms with Crippen LogP contribution in [0.25, 0.3) is 0 Å². The summed E-state index contributed by atoms with van der Waals surface area (Å²) < 4.78 is 26.9. The molecule has 10 heteroatoms. The van der Waals surface area contributed by atoms with Crippen molar-refractivity contribution >= 4 is 44.0 Å². The molecule has 1 aromatic carbocycles. The Hall–Kier alpha value is -0.740. The molecule has 0 amide bonds. The number of nitrogens with zero attached hydrogens (tertiary/aromatic N) is 1. The van der Waals surface area contributed by atoms with Gasteiger partial charge in [-0.25, -0.2) is 13.1 Å². The van der Waals surface area contributed by atoms with Crippen molar-refractivity contribution in [3.63, 3.8) is 0 Å². The largest absolute Gasteiger partial charge is 0.316 e. The number of nitro benzene ring substituents is 1. The molecule has 21 heavy (non-hydrogen) atoms. The minimum absolute atomic E-state index is 0. The predicted molar refractivity (Wildman–Crippen MR) is 86.5 cm³/mol. The molecule has 1 aromatic rings. The van der Waals surface area contributed by atoms with Crippen molar-refractivity contribution in [1.82, 2.24) is 10.0 Å². The standard InChI is InChI=1S/C11H16BrN3O4S.ClH/c1-3-13-4-5-14-20(18,19)9-6-10(12)8(2)11(7-9)15(16)17;/h6-7,13-14H,3-5H2,1-2H3;1H. The summed E-state index contributed by atoms with van der Waals surface area (Å²) in [5, 5.41) is 13.9. The van der Waals surface area contributed by atoms with Gasteiger partial charge in [-0.15, -0.1) is 12.4 Å². The molecule has 120 valence electrons. The van der Waals surface area contributed by atoms with E-state index in [0.717, 1.165) is 12.6 Å². The third-order valence-corrected chi connectivity index (χ3v) is 4.91. The van der Waals surface area contributed by atoms with Crippen LogP contribution in [0.3, 0.4) is 0 Å². The summed E-state index contributed by atoms with van der Waals surface area (Å²) in [6, 6.07) is 2.42. The van der Waals surface area contributed by atoms with E-state index >= 15 is 0 Å². The summed E-state index contributed by atoms with van der Waals surface area (Å²) in [6.07, 6.45) is 0. The smallest absolute Gasteiger partial charge is 0.274 e. The lowest BCUT2D eigenvalue weighted by Gasteiger charge is -2.09. The van der Waals surface area contributed by atoms with Crippen LogP contribution in [0.4, 0.5) is 5.69 Å². The highest BCUT2D eigenvalue weighted by atomic mass is 79.9. The minimum atomic E-state index is -3.76. The van der Waals surface area contributed by atoms with Gasteiger partial charge >= 0.3 is 0 Å². The normalized spacial score (nSPS) is 11.0. The molecule has 0 radical (unpaired) electrons. The van der Waals surface area contributed by atoms with Crippen LogP contribution in [-0.4, -0.2) is 33.0 Å². The van der Waals surface area contributed by atoms with Crippen molar-refractivity contribution in [2.45, 2.75) is 18.7 Å². The monoisotopic (exact) mass is 401 g/mol. The molecular weight excluding hydrogens is 386 g/mol. The van der Waals surface area contributed by atoms with Crippen molar-refractivity contribution in [1.29, 1.82) is 0 Å². The Kier molecular flexibility index (Phi) is 8.34. The number of likely N-dealkylation sites (N-methyl/N-ethyl adjacent to an activating group) is 1. The first-order chi connectivity index (χ1) is 9.29. The summed E-state index contributed by atoms with van der Waals surface area (Å²) in [4.78, 5) is 10.2. The molecule has 0 aliphatic carbocycles. The average molecular weight is 403 g/mol. The van der Waals surface area contributed by atoms with E-state index in [2.05, 4.69) is 26.0 Å². The second-order valence-corrected chi connectivity index (χ2v) is 6.68. The predicted octanol–water partition coefficient (Wildman–Crippen LogP) is 1.98. The fraction of sp³-hybridized carbons (Fsp3) is 0.455. The number of sulfonamides is 1. The molecule has 0 spiro atoms. The molecule has 0 aliphatic rings. The first-order valence-electron chi connectivity index (χ1n) is 5.94. The zero-order chi connectivity index (χ0) is 15.3. The highest BCUT2D eigenvalue weighted by Gasteiger charge is 2.21. The van der Waals surface area contributed by atoms with Crippen molar-refractivity contribution < 1.29 is 13.3 Å². The number of hydrogen-bond acceptors (Lipinski definition) is 5. The van der Waals surface area contributed by atoms with Gasteiger partial charge in [0.05, 0.1) is 9.82 Å². The van der Waals surface area contributed by atoms with Gasteiger partial charge in [-0.1, -0.05) is 22.9 Å². The van der Waals surface area contributed by atoms with E-state index in [1.54, 1.807) is 6.92 Å². The van der Waals surface area contributed by atoms with Crippen molar-refractivity contribution in [3.05, 3.63) is 32.3 Å². The summed E-state index contributed by atoms with van der Waals surface area (Å²) in [5.74, 6) is 0. The second kappa shape index (κ2) is 8.64. The Morgan fingerprint density at radius 3 is 2.48 bits per heavy atom. The van der Waals surface area contributed by atoms with Crippen LogP contribution in [0.5, 0.6) is 0 Å². The fourth-order valence-corrected chi connectivity index (χ4v) is 3.20. The molecule has 2 N–H and O–H groups in total. The third-order valence-electron chi connectivity index (χ3n) is 2.64. The van der Waals surface area contributed by atoms with Gasteiger partial charge in [-0.05, 0) is 19.5 Å². The van der Waals surface area contributed by atoms with Crippen molar-refractivity contribution in [2.24, 2.45) is 0 Å². The van der Waals surface area contributed by atoms with Gasteiger partial charge in [0.1, 0.15) is 0 Å². The van der Waals surface area contributed by atoms with E-state index in [-0.39, 0.29) is 29.5 Å². The van der Waals surface area contributed by atoms with Gasteiger partial charge < -0.3 is 5.32 Å². The number of benzene rings is 1. The lowest BCUT2D eigenvalue weighted by Crippen LogP contribution is -2.31. The lowest BCUT2D eigenvalue weighted by molar-refractivity contribution is -0.385. The van der Waals surface area contributed by atoms with E-state index in [0.29, 0.717) is 16.6 Å². The number of nitro groups is 1. The van der Waals surface area contributed by atoms with Crippen molar-refractivity contribution in [3.8, 4) is 0 Å². The molecule has 0 saturated heterocycles. The van der Waals surface area contributed by atoms with E-state index in [1.165, 1.54) is 6.07 Å². The molecule has 0 aliphatic heterocycles. The summed E-state index contributed by atoms with van der Waals surface area (Å²) in [5.41, 5.74) is 0.160. The molecular formula is C11H17BrClN3O4S. The van der Waals surface area contributed by atoms with Gasteiger partial charge in [-0.3, -0.25) is 10.1 Å². The molecule has 1 rings (SSSR count). The minimum Gasteiger partial charge on any atom is -0.316 e. The van der Waals surface area contributed by atoms with Crippen LogP contribution in [0.2, 0.25) is 0 Å². The van der Waals surface area contributed by atoms with Crippen LogP contribution in [0.1, 0.15) is 12.5 Å². The maximum absolute atomic E-state index is 12.1. The second-order valence-electron chi connectivity index (χ2n) is 4.06. The van der Waals surface area contributed by atoms with E-state index in [4.69, 9.17) is 0 Å². The SMILES string of the molecule is CCNCCNS(=O)(=O)c1cc(Br)c(C)c([N+](=O)[O-])c1.Cl. The van der Waals surface area contributed by atoms with Gasteiger partial charge in [-0.2, -0.15) is 0 Å². The molecule has 7 nitrogen and oxygen atoms in total. The highest BCUT2D eigenvalue weighted by molar-refractivity contribution is 9.10. The topological polar surface area (TPSA) is 101 Å². The van der Waals surface area contributed by atoms with E-state index < -0.39 is 14.9 Å². The lowest BCUT2D eigenvalue weighted by atomic mass is 10.2. The van der Waals surface area contributed by atoms with E-state index in [9.17, 15) is 18.5 Å². The van der Waals surface area contributed by atoms with Gasteiger partial charge in [0, 0.05) is 29.2 Å². The number of rotatable bonds is 7. The molecule has 0 heterocycles. The Balaban J connectivity index is 0.00000400. The maximum atomic E-state index is 12.1. The number of nitrogens with one attached hydrogen (secondary N) is 2. The quantitative estimate of drug-likeness (QED) is 0.412. The first-order valence-corrected chi connectivity index (χ1v) is 8.22. The summed E-state index contributed by atoms with van der Waals surface area (Å²) >= 11 is 3.14. The summed E-state index contributed by atoms with van der Waals surface area (Å²) in [6.45, 7) is 4.91. The zero-order valence-electron chi connectivity index (χ0n) is 11.6. The Morgan fingerprint density at radius 1 is 1.33 bits per heavy atom. The Morgan fingerprint density at radius 2 is 1.95 bits per heavy atom. The zero-order valence-corrected chi connectivity index (χ0v) is 14.8. The first kappa shape index (κ1) is 20.3. The molecule has 0 bridgehead atoms. The Bertz CT molecular complexity index is 610. The van der Waals surface area contributed by atoms with Gasteiger partial charge in [0.25, 0.3) is 5.69 Å². The molecule has 0 aromatic heterocycles. The third kappa shape index (κ3) is 5.51. The number of hydrogen-bond donors (Lipinski definition) is 2. The molecule has 0 atom stereocenters. The molecule has 0 fully saturated rings. The number of halogens is 2. The van der Waals surface area contributed by atoms with E-state index in [1.807, 2.05) is 6.92 Å². The van der Waals surface area contributed by atoms with Gasteiger partial charge in [0.15, 0.2) is 0 Å². The molecule has 0 unspecified atom stereocenters. The Labute approximate surface area is 138 Å². The van der Waals surface area contributed by atoms with Crippen LogP contribution in [0, 0.1) is 17.0 Å². The molecule has 0 saturated carbocycles. The maximum Gasteiger partial charge on any atom is 0.274 e.